The minimum atomic E-state index is -0.0650. The molecule has 2 aliphatic heterocycles. The van der Waals surface area contributed by atoms with E-state index in [2.05, 4.69) is 15.1 Å². The number of rotatable bonds is 5. The molecule has 24 heavy (non-hydrogen) atoms. The summed E-state index contributed by atoms with van der Waals surface area (Å²) >= 11 is 12.2. The molecule has 0 spiro atoms. The zero-order chi connectivity index (χ0) is 16.9. The van der Waals surface area contributed by atoms with Crippen molar-refractivity contribution in [1.29, 1.82) is 0 Å². The van der Waals surface area contributed by atoms with E-state index in [0.29, 0.717) is 15.7 Å². The fourth-order valence-corrected chi connectivity index (χ4v) is 3.99. The zero-order valence-corrected chi connectivity index (χ0v) is 15.5. The lowest BCUT2D eigenvalue weighted by molar-refractivity contribution is -0.120. The molecule has 1 atom stereocenters. The number of anilines is 1. The molecule has 1 amide bonds. The van der Waals surface area contributed by atoms with Gasteiger partial charge in [0, 0.05) is 18.1 Å². The van der Waals surface area contributed by atoms with Crippen molar-refractivity contribution in [2.24, 2.45) is 0 Å². The van der Waals surface area contributed by atoms with Crippen LogP contribution in [-0.4, -0.2) is 54.5 Å². The van der Waals surface area contributed by atoms with Crippen LogP contribution in [0.25, 0.3) is 0 Å². The van der Waals surface area contributed by atoms with Crippen molar-refractivity contribution in [1.82, 2.24) is 9.80 Å². The van der Waals surface area contributed by atoms with Gasteiger partial charge in [-0.1, -0.05) is 29.6 Å². The Balaban J connectivity index is 1.55. The summed E-state index contributed by atoms with van der Waals surface area (Å²) in [4.78, 5) is 17.5. The van der Waals surface area contributed by atoms with Gasteiger partial charge in [0.25, 0.3) is 0 Å². The lowest BCUT2D eigenvalue weighted by Gasteiger charge is -2.30. The SMILES string of the molecule is O=C(Nc1cc(Cl)ccc1Cl)C1CCCN1CCN1CCCCC1. The molecule has 0 radical (unpaired) electrons. The second kappa shape index (κ2) is 8.52. The number of nitrogens with one attached hydrogen (secondary N) is 1. The second-order valence-corrected chi connectivity index (χ2v) is 7.55. The number of piperidine rings is 1. The maximum Gasteiger partial charge on any atom is 0.241 e. The molecule has 0 aliphatic carbocycles. The molecule has 1 unspecified atom stereocenters. The first-order chi connectivity index (χ1) is 11.6. The van der Waals surface area contributed by atoms with Crippen LogP contribution in [0.5, 0.6) is 0 Å². The molecule has 1 aromatic carbocycles. The Morgan fingerprint density at radius 3 is 2.67 bits per heavy atom. The van der Waals surface area contributed by atoms with Crippen molar-refractivity contribution in [2.75, 3.05) is 38.0 Å². The summed E-state index contributed by atoms with van der Waals surface area (Å²) in [6.45, 7) is 5.41. The molecule has 0 bridgehead atoms. The Morgan fingerprint density at radius 1 is 1.08 bits per heavy atom. The Labute approximate surface area is 154 Å². The van der Waals surface area contributed by atoms with Crippen LogP contribution in [0.2, 0.25) is 10.0 Å². The fourth-order valence-electron chi connectivity index (χ4n) is 3.65. The molecule has 2 heterocycles. The quantitative estimate of drug-likeness (QED) is 0.855. The van der Waals surface area contributed by atoms with Gasteiger partial charge in [0.2, 0.25) is 5.91 Å². The Morgan fingerprint density at radius 2 is 1.88 bits per heavy atom. The average Bonchev–Trinajstić information content (AvgIpc) is 3.06. The third-order valence-electron chi connectivity index (χ3n) is 5.00. The van der Waals surface area contributed by atoms with Crippen LogP contribution in [0.1, 0.15) is 32.1 Å². The number of benzene rings is 1. The summed E-state index contributed by atoms with van der Waals surface area (Å²) in [5.74, 6) is 0.0234. The molecule has 6 heteroatoms. The minimum Gasteiger partial charge on any atom is -0.323 e. The summed E-state index contributed by atoms with van der Waals surface area (Å²) in [6, 6.07) is 5.07. The molecule has 2 aliphatic rings. The fraction of sp³-hybridized carbons (Fsp3) is 0.611. The van der Waals surface area contributed by atoms with E-state index in [1.807, 2.05) is 0 Å². The van der Waals surface area contributed by atoms with E-state index in [0.717, 1.165) is 32.5 Å². The van der Waals surface area contributed by atoms with Crippen LogP contribution in [0.4, 0.5) is 5.69 Å². The molecule has 132 valence electrons. The van der Waals surface area contributed by atoms with Gasteiger partial charge in [-0.3, -0.25) is 9.69 Å². The predicted molar refractivity (Wildman–Crippen MR) is 100.0 cm³/mol. The first-order valence-electron chi connectivity index (χ1n) is 8.86. The molecule has 1 aromatic rings. The number of halogens is 2. The van der Waals surface area contributed by atoms with E-state index in [1.54, 1.807) is 18.2 Å². The molecule has 0 saturated carbocycles. The lowest BCUT2D eigenvalue weighted by atomic mass is 10.1. The molecule has 0 aromatic heterocycles. The van der Waals surface area contributed by atoms with Crippen molar-refractivity contribution in [2.45, 2.75) is 38.1 Å². The van der Waals surface area contributed by atoms with E-state index in [4.69, 9.17) is 23.2 Å². The summed E-state index contributed by atoms with van der Waals surface area (Å²) in [7, 11) is 0. The van der Waals surface area contributed by atoms with Gasteiger partial charge < -0.3 is 10.2 Å². The first kappa shape index (κ1) is 18.0. The van der Waals surface area contributed by atoms with Crippen molar-refractivity contribution >= 4 is 34.8 Å². The van der Waals surface area contributed by atoms with E-state index < -0.39 is 0 Å². The molecular weight excluding hydrogens is 345 g/mol. The van der Waals surface area contributed by atoms with E-state index in [1.165, 1.54) is 32.4 Å². The Kier molecular flexibility index (Phi) is 6.39. The average molecular weight is 370 g/mol. The standard InChI is InChI=1S/C18H25Cl2N3O/c19-14-6-7-15(20)16(13-14)21-18(24)17-5-4-10-23(17)12-11-22-8-2-1-3-9-22/h6-7,13,17H,1-5,8-12H2,(H,21,24). The van der Waals surface area contributed by atoms with Crippen LogP contribution in [-0.2, 0) is 4.79 Å². The number of amides is 1. The monoisotopic (exact) mass is 369 g/mol. The number of hydrogen-bond donors (Lipinski definition) is 1. The van der Waals surface area contributed by atoms with Gasteiger partial charge in [0.05, 0.1) is 16.8 Å². The number of likely N-dealkylation sites (tertiary alicyclic amines) is 2. The maximum atomic E-state index is 12.7. The first-order valence-corrected chi connectivity index (χ1v) is 9.61. The zero-order valence-electron chi connectivity index (χ0n) is 13.9. The largest absolute Gasteiger partial charge is 0.323 e. The van der Waals surface area contributed by atoms with Crippen LogP contribution in [0.3, 0.4) is 0 Å². The topological polar surface area (TPSA) is 35.6 Å². The van der Waals surface area contributed by atoms with Crippen molar-refractivity contribution < 1.29 is 4.79 Å². The van der Waals surface area contributed by atoms with Gasteiger partial charge in [0.1, 0.15) is 0 Å². The molecule has 2 saturated heterocycles. The van der Waals surface area contributed by atoms with Gasteiger partial charge in [-0.25, -0.2) is 0 Å². The van der Waals surface area contributed by atoms with Crippen LogP contribution in [0, 0.1) is 0 Å². The molecule has 1 N–H and O–H groups in total. The van der Waals surface area contributed by atoms with Gasteiger partial charge in [-0.15, -0.1) is 0 Å². The second-order valence-electron chi connectivity index (χ2n) is 6.71. The highest BCUT2D eigenvalue weighted by molar-refractivity contribution is 6.35. The Bertz CT molecular complexity index is 575. The molecular formula is C18H25Cl2N3O. The summed E-state index contributed by atoms with van der Waals surface area (Å²) in [5, 5.41) is 4.04. The van der Waals surface area contributed by atoms with Gasteiger partial charge in [-0.05, 0) is 63.5 Å². The molecule has 2 fully saturated rings. The highest BCUT2D eigenvalue weighted by Gasteiger charge is 2.31. The van der Waals surface area contributed by atoms with Crippen molar-refractivity contribution in [3.8, 4) is 0 Å². The smallest absolute Gasteiger partial charge is 0.241 e. The van der Waals surface area contributed by atoms with E-state index in [-0.39, 0.29) is 11.9 Å². The van der Waals surface area contributed by atoms with E-state index in [9.17, 15) is 4.79 Å². The lowest BCUT2D eigenvalue weighted by Crippen LogP contribution is -2.44. The van der Waals surface area contributed by atoms with Gasteiger partial charge in [-0.2, -0.15) is 0 Å². The molecule has 4 nitrogen and oxygen atoms in total. The van der Waals surface area contributed by atoms with Gasteiger partial charge >= 0.3 is 0 Å². The van der Waals surface area contributed by atoms with Crippen molar-refractivity contribution in [3.05, 3.63) is 28.2 Å². The minimum absolute atomic E-state index is 0.0234. The van der Waals surface area contributed by atoms with Crippen LogP contribution in [0.15, 0.2) is 18.2 Å². The number of hydrogen-bond acceptors (Lipinski definition) is 3. The van der Waals surface area contributed by atoms with E-state index >= 15 is 0 Å². The van der Waals surface area contributed by atoms with Crippen LogP contribution < -0.4 is 5.32 Å². The number of carbonyl (C=O) groups excluding carboxylic acids is 1. The van der Waals surface area contributed by atoms with Gasteiger partial charge in [0.15, 0.2) is 0 Å². The van der Waals surface area contributed by atoms with Crippen LogP contribution >= 0.6 is 23.2 Å². The highest BCUT2D eigenvalue weighted by Crippen LogP contribution is 2.27. The normalized spacial score (nSPS) is 22.7. The summed E-state index contributed by atoms with van der Waals surface area (Å²) in [6.07, 6.45) is 5.94. The summed E-state index contributed by atoms with van der Waals surface area (Å²) < 4.78 is 0. The number of nitrogens with zero attached hydrogens (tertiary/aromatic N) is 2. The summed E-state index contributed by atoms with van der Waals surface area (Å²) in [5.41, 5.74) is 0.594. The molecule has 3 rings (SSSR count). The third kappa shape index (κ3) is 4.63. The third-order valence-corrected chi connectivity index (χ3v) is 5.57. The number of carbonyl (C=O) groups is 1. The Hall–Kier alpha value is -0.810. The maximum absolute atomic E-state index is 12.7. The highest BCUT2D eigenvalue weighted by atomic mass is 35.5. The van der Waals surface area contributed by atoms with Crippen molar-refractivity contribution in [3.63, 3.8) is 0 Å². The predicted octanol–water partition coefficient (Wildman–Crippen LogP) is 3.88.